The molecule has 0 fully saturated rings. The van der Waals surface area contributed by atoms with Crippen LogP contribution in [0.3, 0.4) is 0 Å². The second kappa shape index (κ2) is 3.42. The summed E-state index contributed by atoms with van der Waals surface area (Å²) >= 11 is 0. The number of nitrogens with two attached hydrogens (primary N) is 1. The van der Waals surface area contributed by atoms with Crippen molar-refractivity contribution in [2.24, 2.45) is 7.05 Å². The van der Waals surface area contributed by atoms with Crippen molar-refractivity contribution in [3.05, 3.63) is 29.3 Å². The van der Waals surface area contributed by atoms with Crippen molar-refractivity contribution in [2.45, 2.75) is 20.4 Å². The molecule has 2 aromatic rings. The first kappa shape index (κ1) is 9.76. The van der Waals surface area contributed by atoms with Gasteiger partial charge in [-0.1, -0.05) is 0 Å². The van der Waals surface area contributed by atoms with Gasteiger partial charge in [-0.15, -0.1) is 0 Å². The van der Waals surface area contributed by atoms with E-state index in [4.69, 9.17) is 5.73 Å². The summed E-state index contributed by atoms with van der Waals surface area (Å²) in [7, 11) is 1.92. The van der Waals surface area contributed by atoms with Gasteiger partial charge in [-0.2, -0.15) is 5.10 Å². The fourth-order valence-corrected chi connectivity index (χ4v) is 1.66. The Kier molecular flexibility index (Phi) is 2.22. The monoisotopic (exact) mass is 205 g/mol. The van der Waals surface area contributed by atoms with Gasteiger partial charge in [0, 0.05) is 24.5 Å². The van der Waals surface area contributed by atoms with Crippen LogP contribution >= 0.6 is 0 Å². The third kappa shape index (κ3) is 1.72. The first-order chi connectivity index (χ1) is 7.08. The highest BCUT2D eigenvalue weighted by Gasteiger charge is 2.08. The minimum absolute atomic E-state index is 0.552. The lowest BCUT2D eigenvalue weighted by Crippen LogP contribution is -2.06. The van der Waals surface area contributed by atoms with Gasteiger partial charge in [-0.25, -0.2) is 4.98 Å². The third-order valence-electron chi connectivity index (χ3n) is 2.53. The second-order valence-electron chi connectivity index (χ2n) is 3.76. The number of aromatic nitrogens is 4. The summed E-state index contributed by atoms with van der Waals surface area (Å²) in [5, 5.41) is 4.29. The molecule has 2 rings (SSSR count). The summed E-state index contributed by atoms with van der Waals surface area (Å²) in [6, 6.07) is 0. The van der Waals surface area contributed by atoms with E-state index in [0.717, 1.165) is 17.9 Å². The van der Waals surface area contributed by atoms with Gasteiger partial charge in [0.15, 0.2) is 0 Å². The van der Waals surface area contributed by atoms with E-state index in [9.17, 15) is 0 Å². The Morgan fingerprint density at radius 1 is 1.40 bits per heavy atom. The van der Waals surface area contributed by atoms with E-state index < -0.39 is 0 Å². The highest BCUT2D eigenvalue weighted by atomic mass is 15.3. The van der Waals surface area contributed by atoms with Gasteiger partial charge >= 0.3 is 0 Å². The van der Waals surface area contributed by atoms with Gasteiger partial charge < -0.3 is 10.3 Å². The normalized spacial score (nSPS) is 10.9. The van der Waals surface area contributed by atoms with Gasteiger partial charge in [-0.05, 0) is 13.8 Å². The zero-order valence-electron chi connectivity index (χ0n) is 9.23. The van der Waals surface area contributed by atoms with E-state index in [1.807, 2.05) is 36.3 Å². The second-order valence-corrected chi connectivity index (χ2v) is 3.76. The molecule has 0 aliphatic heterocycles. The molecule has 0 saturated heterocycles. The van der Waals surface area contributed by atoms with Crippen molar-refractivity contribution in [1.29, 1.82) is 0 Å². The largest absolute Gasteiger partial charge is 0.369 e. The van der Waals surface area contributed by atoms with Crippen LogP contribution in [-0.4, -0.2) is 19.3 Å². The van der Waals surface area contributed by atoms with Gasteiger partial charge in [0.1, 0.15) is 0 Å². The smallest absolute Gasteiger partial charge is 0.200 e. The van der Waals surface area contributed by atoms with Crippen LogP contribution in [0.1, 0.15) is 17.0 Å². The molecule has 15 heavy (non-hydrogen) atoms. The molecule has 0 saturated carbocycles. The van der Waals surface area contributed by atoms with Crippen LogP contribution in [0.2, 0.25) is 0 Å². The Labute approximate surface area is 88.5 Å². The standard InChI is InChI=1S/C10H15N5/c1-7-4-12-10(11)15(7)6-9-5-14(3)13-8(9)2/h4-5H,6H2,1-3H3,(H2,11,12). The molecule has 2 N–H and O–H groups in total. The first-order valence-electron chi connectivity index (χ1n) is 4.84. The number of anilines is 1. The summed E-state index contributed by atoms with van der Waals surface area (Å²) in [6.45, 7) is 4.73. The summed E-state index contributed by atoms with van der Waals surface area (Å²) in [4.78, 5) is 4.06. The number of hydrogen-bond donors (Lipinski definition) is 1. The average molecular weight is 205 g/mol. The maximum Gasteiger partial charge on any atom is 0.200 e. The van der Waals surface area contributed by atoms with Crippen LogP contribution in [0.15, 0.2) is 12.4 Å². The fourth-order valence-electron chi connectivity index (χ4n) is 1.66. The molecule has 0 aliphatic carbocycles. The molecule has 0 radical (unpaired) electrons. The maximum absolute atomic E-state index is 5.77. The van der Waals surface area contributed by atoms with Crippen molar-refractivity contribution < 1.29 is 0 Å². The minimum Gasteiger partial charge on any atom is -0.369 e. The van der Waals surface area contributed by atoms with Crippen LogP contribution in [0.4, 0.5) is 5.95 Å². The molecular formula is C10H15N5. The molecule has 5 heteroatoms. The molecule has 0 aliphatic rings. The predicted molar refractivity (Wildman–Crippen MR) is 58.4 cm³/mol. The summed E-state index contributed by atoms with van der Waals surface area (Å²) in [6.07, 6.45) is 3.79. The maximum atomic E-state index is 5.77. The van der Waals surface area contributed by atoms with Crippen LogP contribution < -0.4 is 5.73 Å². The molecule has 0 unspecified atom stereocenters. The highest BCUT2D eigenvalue weighted by molar-refractivity contribution is 5.26. The van der Waals surface area contributed by atoms with Crippen molar-refractivity contribution in [3.8, 4) is 0 Å². The van der Waals surface area contributed by atoms with Crippen molar-refractivity contribution in [3.63, 3.8) is 0 Å². The van der Waals surface area contributed by atoms with E-state index in [2.05, 4.69) is 10.1 Å². The number of imidazole rings is 1. The van der Waals surface area contributed by atoms with E-state index in [0.29, 0.717) is 5.95 Å². The number of nitrogen functional groups attached to an aromatic ring is 1. The number of aryl methyl sites for hydroxylation is 3. The molecular weight excluding hydrogens is 190 g/mol. The lowest BCUT2D eigenvalue weighted by Gasteiger charge is -2.05. The Morgan fingerprint density at radius 3 is 2.60 bits per heavy atom. The van der Waals surface area contributed by atoms with Crippen molar-refractivity contribution >= 4 is 5.95 Å². The molecule has 2 aromatic heterocycles. The van der Waals surface area contributed by atoms with Gasteiger partial charge in [-0.3, -0.25) is 4.68 Å². The Balaban J connectivity index is 2.33. The molecule has 0 amide bonds. The molecule has 0 bridgehead atoms. The molecule has 5 nitrogen and oxygen atoms in total. The zero-order chi connectivity index (χ0) is 11.0. The summed E-state index contributed by atoms with van der Waals surface area (Å²) in [5.74, 6) is 0.552. The third-order valence-corrected chi connectivity index (χ3v) is 2.53. The lowest BCUT2D eigenvalue weighted by atomic mass is 10.2. The van der Waals surface area contributed by atoms with Crippen molar-refractivity contribution in [2.75, 3.05) is 5.73 Å². The quantitative estimate of drug-likeness (QED) is 0.791. The fraction of sp³-hybridized carbons (Fsp3) is 0.400. The molecule has 0 spiro atoms. The molecule has 0 atom stereocenters. The Morgan fingerprint density at radius 2 is 2.13 bits per heavy atom. The number of hydrogen-bond acceptors (Lipinski definition) is 3. The molecule has 2 heterocycles. The van der Waals surface area contributed by atoms with Gasteiger partial charge in [0.05, 0.1) is 18.4 Å². The number of nitrogens with zero attached hydrogens (tertiary/aromatic N) is 4. The van der Waals surface area contributed by atoms with Crippen LogP contribution in [0.5, 0.6) is 0 Å². The zero-order valence-corrected chi connectivity index (χ0v) is 9.23. The van der Waals surface area contributed by atoms with Gasteiger partial charge in [0.2, 0.25) is 5.95 Å². The topological polar surface area (TPSA) is 61.7 Å². The Bertz CT molecular complexity index is 460. The van der Waals surface area contributed by atoms with Crippen LogP contribution in [0.25, 0.3) is 0 Å². The highest BCUT2D eigenvalue weighted by Crippen LogP contribution is 2.12. The van der Waals surface area contributed by atoms with Crippen LogP contribution in [0, 0.1) is 13.8 Å². The SMILES string of the molecule is Cc1nn(C)cc1Cn1c(C)cnc1N. The average Bonchev–Trinajstić information content (AvgIpc) is 2.63. The van der Waals surface area contributed by atoms with E-state index >= 15 is 0 Å². The van der Waals surface area contributed by atoms with E-state index in [-0.39, 0.29) is 0 Å². The lowest BCUT2D eigenvalue weighted by molar-refractivity contribution is 0.755. The first-order valence-corrected chi connectivity index (χ1v) is 4.84. The molecule has 80 valence electrons. The minimum atomic E-state index is 0.552. The summed E-state index contributed by atoms with van der Waals surface area (Å²) in [5.41, 5.74) is 9.04. The van der Waals surface area contributed by atoms with Crippen LogP contribution in [-0.2, 0) is 13.6 Å². The summed E-state index contributed by atoms with van der Waals surface area (Å²) < 4.78 is 3.79. The predicted octanol–water partition coefficient (Wildman–Crippen LogP) is 0.864. The van der Waals surface area contributed by atoms with E-state index in [1.165, 1.54) is 5.56 Å². The Hall–Kier alpha value is -1.78. The van der Waals surface area contributed by atoms with Gasteiger partial charge in [0.25, 0.3) is 0 Å². The van der Waals surface area contributed by atoms with Crippen molar-refractivity contribution in [1.82, 2.24) is 19.3 Å². The number of rotatable bonds is 2. The van der Waals surface area contributed by atoms with E-state index in [1.54, 1.807) is 6.20 Å². The molecule has 0 aromatic carbocycles.